The maximum absolute atomic E-state index is 12.5. The first-order chi connectivity index (χ1) is 13.4. The molecule has 0 aliphatic heterocycles. The average Bonchev–Trinajstić information content (AvgIpc) is 3.32. The van der Waals surface area contributed by atoms with Crippen LogP contribution in [-0.4, -0.2) is 43.4 Å². The van der Waals surface area contributed by atoms with Gasteiger partial charge in [0.15, 0.2) is 0 Å². The second-order valence-electron chi connectivity index (χ2n) is 5.35. The average molecular weight is 424 g/mol. The van der Waals surface area contributed by atoms with Crippen LogP contribution in [0.4, 0.5) is 9.93 Å². The number of amides is 1. The van der Waals surface area contributed by atoms with Crippen LogP contribution < -0.4 is 10.1 Å². The van der Waals surface area contributed by atoms with E-state index in [0.717, 1.165) is 11.3 Å². The fraction of sp³-hybridized carbons (Fsp3) is 0.250. The summed E-state index contributed by atoms with van der Waals surface area (Å²) in [4.78, 5) is 15.6. The zero-order valence-corrected chi connectivity index (χ0v) is 16.5. The molecule has 28 heavy (non-hydrogen) atoms. The Balaban J connectivity index is 1.71. The Morgan fingerprint density at radius 1 is 1.25 bits per heavy atom. The number of hydrogen-bond donors (Lipinski definition) is 1. The molecule has 0 aliphatic rings. The molecule has 3 aromatic rings. The molecule has 10 nitrogen and oxygen atoms in total. The maximum atomic E-state index is 12.5. The lowest BCUT2D eigenvalue weighted by Crippen LogP contribution is -2.12. The molecule has 0 spiro atoms. The van der Waals surface area contributed by atoms with E-state index < -0.39 is 21.7 Å². The first kappa shape index (κ1) is 19.8. The predicted molar refractivity (Wildman–Crippen MR) is 99.9 cm³/mol. The molecule has 1 N–H and O–H groups in total. The third-order valence-corrected chi connectivity index (χ3v) is 6.32. The van der Waals surface area contributed by atoms with Gasteiger partial charge in [0.2, 0.25) is 25.2 Å². The smallest absolute Gasteiger partial charge is 0.413 e. The molecule has 1 aromatic carbocycles. The number of anilines is 1. The molecule has 0 saturated carbocycles. The highest BCUT2D eigenvalue weighted by Crippen LogP contribution is 2.26. The molecule has 148 valence electrons. The predicted octanol–water partition coefficient (Wildman–Crippen LogP) is 2.74. The summed E-state index contributed by atoms with van der Waals surface area (Å²) in [7, 11) is -2.25. The fourth-order valence-corrected chi connectivity index (χ4v) is 4.33. The molecule has 3 rings (SSSR count). The van der Waals surface area contributed by atoms with E-state index in [-0.39, 0.29) is 27.7 Å². The summed E-state index contributed by atoms with van der Waals surface area (Å²) in [6.45, 7) is 1.83. The molecular formula is C16H16N4O6S2. The summed E-state index contributed by atoms with van der Waals surface area (Å²) in [6, 6.07) is 6.99. The monoisotopic (exact) mass is 424 g/mol. The highest BCUT2D eigenvalue weighted by Gasteiger charge is 2.24. The van der Waals surface area contributed by atoms with Gasteiger partial charge in [-0.2, -0.15) is 0 Å². The van der Waals surface area contributed by atoms with Crippen LogP contribution in [0, 0.1) is 0 Å². The number of nitrogens with one attached hydrogen (secondary N) is 1. The normalized spacial score (nSPS) is 11.2. The van der Waals surface area contributed by atoms with Gasteiger partial charge in [-0.25, -0.2) is 18.2 Å². The van der Waals surface area contributed by atoms with Gasteiger partial charge in [-0.3, -0.25) is 5.32 Å². The van der Waals surface area contributed by atoms with Crippen LogP contribution in [0.3, 0.4) is 0 Å². The van der Waals surface area contributed by atoms with Crippen LogP contribution in [0.1, 0.15) is 12.6 Å². The lowest BCUT2D eigenvalue weighted by atomic mass is 10.2. The fourth-order valence-electron chi connectivity index (χ4n) is 2.14. The minimum atomic E-state index is -3.81. The maximum Gasteiger partial charge on any atom is 0.413 e. The van der Waals surface area contributed by atoms with Crippen molar-refractivity contribution < 1.29 is 27.1 Å². The van der Waals surface area contributed by atoms with Gasteiger partial charge in [-0.05, 0) is 31.2 Å². The van der Waals surface area contributed by atoms with Crippen LogP contribution >= 0.6 is 11.3 Å². The number of carbonyl (C=O) groups is 1. The van der Waals surface area contributed by atoms with E-state index >= 15 is 0 Å². The second kappa shape index (κ2) is 8.35. The molecule has 0 fully saturated rings. The summed E-state index contributed by atoms with van der Waals surface area (Å²) in [5, 5.41) is 9.59. The van der Waals surface area contributed by atoms with Gasteiger partial charge >= 0.3 is 6.09 Å². The van der Waals surface area contributed by atoms with E-state index in [0.29, 0.717) is 11.3 Å². The third-order valence-electron chi connectivity index (χ3n) is 3.38. The summed E-state index contributed by atoms with van der Waals surface area (Å²) in [5.74, 6) is 0.553. The molecule has 0 bridgehead atoms. The van der Waals surface area contributed by atoms with E-state index in [4.69, 9.17) is 13.9 Å². The zero-order valence-electron chi connectivity index (χ0n) is 14.9. The van der Waals surface area contributed by atoms with Crippen LogP contribution in [-0.2, 0) is 20.3 Å². The van der Waals surface area contributed by atoms with Gasteiger partial charge < -0.3 is 13.9 Å². The minimum absolute atomic E-state index is 0.0242. The first-order valence-corrected chi connectivity index (χ1v) is 10.5. The van der Waals surface area contributed by atoms with Crippen LogP contribution in [0.15, 0.2) is 39.3 Å². The highest BCUT2D eigenvalue weighted by atomic mass is 32.2. The summed E-state index contributed by atoms with van der Waals surface area (Å²) in [5.41, 5.74) is 0.905. The van der Waals surface area contributed by atoms with Crippen molar-refractivity contribution in [3.63, 3.8) is 0 Å². The number of carbonyl (C=O) groups excluding carboxylic acids is 1. The molecule has 0 unspecified atom stereocenters. The summed E-state index contributed by atoms with van der Waals surface area (Å²) in [6.07, 6.45) is 0.541. The molecular weight excluding hydrogens is 408 g/mol. The van der Waals surface area contributed by atoms with Crippen LogP contribution in [0.2, 0.25) is 0 Å². The van der Waals surface area contributed by atoms with Gasteiger partial charge in [0.05, 0.1) is 19.4 Å². The number of ether oxygens (including phenoxy) is 2. The second-order valence-corrected chi connectivity index (χ2v) is 8.49. The summed E-state index contributed by atoms with van der Waals surface area (Å²) < 4.78 is 40.0. The molecule has 0 saturated heterocycles. The van der Waals surface area contributed by atoms with E-state index in [1.165, 1.54) is 6.26 Å². The number of sulfone groups is 1. The van der Waals surface area contributed by atoms with E-state index in [2.05, 4.69) is 20.5 Å². The number of benzene rings is 1. The van der Waals surface area contributed by atoms with Crippen molar-refractivity contribution in [3.05, 3.63) is 36.2 Å². The van der Waals surface area contributed by atoms with Crippen molar-refractivity contribution in [2.75, 3.05) is 19.0 Å². The Labute approximate surface area is 164 Å². The van der Waals surface area contributed by atoms with Crippen molar-refractivity contribution in [2.24, 2.45) is 0 Å². The Morgan fingerprint density at radius 2 is 2.00 bits per heavy atom. The van der Waals surface area contributed by atoms with Crippen LogP contribution in [0.5, 0.6) is 5.75 Å². The lowest BCUT2D eigenvalue weighted by Gasteiger charge is -2.00. The Bertz CT molecular complexity index is 1060. The molecule has 12 heteroatoms. The molecule has 2 aromatic heterocycles. The quantitative estimate of drug-likeness (QED) is 0.568. The Hall–Kier alpha value is -2.99. The minimum Gasteiger partial charge on any atom is -0.497 e. The van der Waals surface area contributed by atoms with Crippen molar-refractivity contribution in [3.8, 4) is 17.2 Å². The van der Waals surface area contributed by atoms with E-state index in [9.17, 15) is 13.2 Å². The highest BCUT2D eigenvalue weighted by molar-refractivity contribution is 7.92. The van der Waals surface area contributed by atoms with Gasteiger partial charge in [0, 0.05) is 5.56 Å². The van der Waals surface area contributed by atoms with Crippen LogP contribution in [0.25, 0.3) is 11.5 Å². The Kier molecular flexibility index (Phi) is 5.90. The molecule has 1 amide bonds. The number of rotatable bonds is 7. The number of hydrogen-bond acceptors (Lipinski definition) is 10. The van der Waals surface area contributed by atoms with Crippen molar-refractivity contribution in [1.82, 2.24) is 15.2 Å². The van der Waals surface area contributed by atoms with E-state index in [1.54, 1.807) is 38.3 Å². The van der Waals surface area contributed by atoms with Gasteiger partial charge in [-0.1, -0.05) is 11.3 Å². The number of nitrogens with zero attached hydrogens (tertiary/aromatic N) is 3. The molecule has 0 radical (unpaired) electrons. The first-order valence-electron chi connectivity index (χ1n) is 8.00. The van der Waals surface area contributed by atoms with Gasteiger partial charge in [0.1, 0.15) is 17.8 Å². The molecule has 0 atom stereocenters. The van der Waals surface area contributed by atoms with Crippen molar-refractivity contribution in [2.45, 2.75) is 17.0 Å². The van der Waals surface area contributed by atoms with Gasteiger partial charge in [-0.15, -0.1) is 10.2 Å². The molecule has 2 heterocycles. The SMILES string of the molecule is CCOC(=O)Nc1nnc(S(=O)(=O)Cc2coc(-c3ccc(OC)cc3)n2)s1. The topological polar surface area (TPSA) is 134 Å². The van der Waals surface area contributed by atoms with E-state index in [1.807, 2.05) is 0 Å². The third kappa shape index (κ3) is 4.64. The largest absolute Gasteiger partial charge is 0.497 e. The number of aromatic nitrogens is 3. The zero-order chi connectivity index (χ0) is 20.1. The van der Waals surface area contributed by atoms with Crippen molar-refractivity contribution >= 4 is 32.4 Å². The van der Waals surface area contributed by atoms with Crippen molar-refractivity contribution in [1.29, 1.82) is 0 Å². The van der Waals surface area contributed by atoms with Gasteiger partial charge in [0.25, 0.3) is 0 Å². The lowest BCUT2D eigenvalue weighted by molar-refractivity contribution is 0.168. The summed E-state index contributed by atoms with van der Waals surface area (Å²) >= 11 is 0.726. The standard InChI is InChI=1S/C16H16N4O6S2/c1-3-25-15(21)18-14-19-20-16(27-14)28(22,23)9-11-8-26-13(17-11)10-4-6-12(24-2)7-5-10/h4-8H,3,9H2,1-2H3,(H,18,19,21). The number of oxazole rings is 1. The number of methoxy groups -OCH3 is 1. The molecule has 0 aliphatic carbocycles. The Morgan fingerprint density at radius 3 is 2.68 bits per heavy atom.